The SMILES string of the molecule is CC(NCc1cn2cc(Cl)ccc2n1)C1CC1. The minimum Gasteiger partial charge on any atom is -0.308 e. The largest absolute Gasteiger partial charge is 0.308 e. The zero-order valence-corrected chi connectivity index (χ0v) is 10.6. The predicted octanol–water partition coefficient (Wildman–Crippen LogP) is 2.88. The minimum absolute atomic E-state index is 0.600. The highest BCUT2D eigenvalue weighted by molar-refractivity contribution is 6.30. The van der Waals surface area contributed by atoms with E-state index >= 15 is 0 Å². The highest BCUT2D eigenvalue weighted by atomic mass is 35.5. The van der Waals surface area contributed by atoms with E-state index in [-0.39, 0.29) is 0 Å². The number of rotatable bonds is 4. The Morgan fingerprint density at radius 3 is 3.06 bits per heavy atom. The molecule has 90 valence electrons. The van der Waals surface area contributed by atoms with Crippen molar-refractivity contribution in [2.45, 2.75) is 32.4 Å². The summed E-state index contributed by atoms with van der Waals surface area (Å²) in [6.07, 6.45) is 6.66. The van der Waals surface area contributed by atoms with Crippen LogP contribution in [0.25, 0.3) is 5.65 Å². The van der Waals surface area contributed by atoms with Crippen LogP contribution in [0.5, 0.6) is 0 Å². The average molecular weight is 250 g/mol. The van der Waals surface area contributed by atoms with Crippen molar-refractivity contribution in [2.75, 3.05) is 0 Å². The van der Waals surface area contributed by atoms with Crippen molar-refractivity contribution >= 4 is 17.2 Å². The lowest BCUT2D eigenvalue weighted by molar-refractivity contribution is 0.493. The van der Waals surface area contributed by atoms with Gasteiger partial charge in [0.2, 0.25) is 0 Å². The highest BCUT2D eigenvalue weighted by Gasteiger charge is 2.27. The van der Waals surface area contributed by atoms with Gasteiger partial charge in [-0.1, -0.05) is 11.6 Å². The summed E-state index contributed by atoms with van der Waals surface area (Å²) in [5, 5.41) is 4.26. The smallest absolute Gasteiger partial charge is 0.137 e. The third-order valence-corrected chi connectivity index (χ3v) is 3.62. The number of nitrogens with zero attached hydrogens (tertiary/aromatic N) is 2. The van der Waals surface area contributed by atoms with Gasteiger partial charge in [0.05, 0.1) is 10.7 Å². The molecule has 1 aliphatic carbocycles. The Balaban J connectivity index is 1.72. The summed E-state index contributed by atoms with van der Waals surface area (Å²) in [5.41, 5.74) is 2.02. The van der Waals surface area contributed by atoms with Crippen LogP contribution in [-0.4, -0.2) is 15.4 Å². The zero-order valence-electron chi connectivity index (χ0n) is 9.86. The Morgan fingerprint density at radius 1 is 1.47 bits per heavy atom. The maximum Gasteiger partial charge on any atom is 0.137 e. The van der Waals surface area contributed by atoms with Crippen molar-refractivity contribution in [2.24, 2.45) is 5.92 Å². The van der Waals surface area contributed by atoms with Gasteiger partial charge in [-0.05, 0) is 37.8 Å². The summed E-state index contributed by atoms with van der Waals surface area (Å²) in [5.74, 6) is 0.876. The molecule has 0 aliphatic heterocycles. The minimum atomic E-state index is 0.600. The molecule has 2 aromatic heterocycles. The number of nitrogens with one attached hydrogen (secondary N) is 1. The van der Waals surface area contributed by atoms with Gasteiger partial charge in [0.1, 0.15) is 5.65 Å². The molecule has 1 fully saturated rings. The van der Waals surface area contributed by atoms with Gasteiger partial charge in [-0.3, -0.25) is 0 Å². The van der Waals surface area contributed by atoms with Gasteiger partial charge < -0.3 is 9.72 Å². The van der Waals surface area contributed by atoms with Crippen molar-refractivity contribution in [1.29, 1.82) is 0 Å². The van der Waals surface area contributed by atoms with Gasteiger partial charge in [0.25, 0.3) is 0 Å². The monoisotopic (exact) mass is 249 g/mol. The third-order valence-electron chi connectivity index (χ3n) is 3.40. The first-order chi connectivity index (χ1) is 8.22. The molecule has 3 nitrogen and oxygen atoms in total. The molecule has 1 saturated carbocycles. The van der Waals surface area contributed by atoms with E-state index in [1.54, 1.807) is 0 Å². The summed E-state index contributed by atoms with van der Waals surface area (Å²) >= 11 is 5.94. The van der Waals surface area contributed by atoms with Crippen LogP contribution >= 0.6 is 11.6 Å². The molecule has 2 aromatic rings. The van der Waals surface area contributed by atoms with Crippen LogP contribution in [0.4, 0.5) is 0 Å². The molecule has 1 atom stereocenters. The van der Waals surface area contributed by atoms with Crippen LogP contribution in [0.3, 0.4) is 0 Å². The molecule has 0 spiro atoms. The first-order valence-electron chi connectivity index (χ1n) is 6.09. The van der Waals surface area contributed by atoms with Crippen molar-refractivity contribution in [3.8, 4) is 0 Å². The molecule has 0 aromatic carbocycles. The van der Waals surface area contributed by atoms with Crippen molar-refractivity contribution in [1.82, 2.24) is 14.7 Å². The Bertz CT molecular complexity index is 530. The maximum absolute atomic E-state index is 5.94. The second-order valence-electron chi connectivity index (χ2n) is 4.85. The highest BCUT2D eigenvalue weighted by Crippen LogP contribution is 2.32. The van der Waals surface area contributed by atoms with Crippen LogP contribution in [0.15, 0.2) is 24.5 Å². The maximum atomic E-state index is 5.94. The quantitative estimate of drug-likeness (QED) is 0.903. The summed E-state index contributed by atoms with van der Waals surface area (Å²) in [7, 11) is 0. The van der Waals surface area contributed by atoms with Crippen LogP contribution in [0.2, 0.25) is 5.02 Å². The first kappa shape index (κ1) is 11.1. The lowest BCUT2D eigenvalue weighted by Crippen LogP contribution is -2.27. The Hall–Kier alpha value is -1.06. The molecule has 1 unspecified atom stereocenters. The number of hydrogen-bond acceptors (Lipinski definition) is 2. The summed E-state index contributed by atoms with van der Waals surface area (Å²) in [6, 6.07) is 4.41. The van der Waals surface area contributed by atoms with Crippen molar-refractivity contribution in [3.05, 3.63) is 35.2 Å². The number of hydrogen-bond donors (Lipinski definition) is 1. The topological polar surface area (TPSA) is 29.3 Å². The molecule has 0 bridgehead atoms. The van der Waals surface area contributed by atoms with E-state index in [2.05, 4.69) is 17.2 Å². The summed E-state index contributed by atoms with van der Waals surface area (Å²) in [4.78, 5) is 4.55. The molecular weight excluding hydrogens is 234 g/mol. The molecule has 1 N–H and O–H groups in total. The fraction of sp³-hybridized carbons (Fsp3) is 0.462. The molecule has 4 heteroatoms. The van der Waals surface area contributed by atoms with E-state index in [0.717, 1.165) is 28.8 Å². The molecule has 17 heavy (non-hydrogen) atoms. The third kappa shape index (κ3) is 2.45. The second kappa shape index (κ2) is 4.31. The van der Waals surface area contributed by atoms with Crippen molar-refractivity contribution in [3.63, 3.8) is 0 Å². The number of pyridine rings is 1. The van der Waals surface area contributed by atoms with Crippen LogP contribution in [0, 0.1) is 5.92 Å². The number of halogens is 1. The van der Waals surface area contributed by atoms with Gasteiger partial charge in [0, 0.05) is 25.0 Å². The zero-order chi connectivity index (χ0) is 11.8. The van der Waals surface area contributed by atoms with E-state index in [1.165, 1.54) is 12.8 Å². The van der Waals surface area contributed by atoms with E-state index in [4.69, 9.17) is 11.6 Å². The lowest BCUT2D eigenvalue weighted by atomic mass is 10.2. The standard InChI is InChI=1S/C13H16ClN3/c1-9(10-2-3-10)15-6-12-8-17-7-11(14)4-5-13(17)16-12/h4-5,7-10,15H,2-3,6H2,1H3. The lowest BCUT2D eigenvalue weighted by Gasteiger charge is -2.10. The molecule has 3 rings (SSSR count). The molecular formula is C13H16ClN3. The van der Waals surface area contributed by atoms with Crippen LogP contribution in [0.1, 0.15) is 25.5 Å². The first-order valence-corrected chi connectivity index (χ1v) is 6.47. The van der Waals surface area contributed by atoms with Crippen LogP contribution < -0.4 is 5.32 Å². The Morgan fingerprint density at radius 2 is 2.29 bits per heavy atom. The van der Waals surface area contributed by atoms with Gasteiger partial charge in [-0.15, -0.1) is 0 Å². The predicted molar refractivity (Wildman–Crippen MR) is 69.2 cm³/mol. The second-order valence-corrected chi connectivity index (χ2v) is 5.29. The van der Waals surface area contributed by atoms with Crippen molar-refractivity contribution < 1.29 is 0 Å². The molecule has 1 aliphatic rings. The van der Waals surface area contributed by atoms with Crippen LogP contribution in [-0.2, 0) is 6.54 Å². The number of fused-ring (bicyclic) bond motifs is 1. The number of imidazole rings is 1. The fourth-order valence-corrected chi connectivity index (χ4v) is 2.30. The number of aromatic nitrogens is 2. The van der Waals surface area contributed by atoms with Gasteiger partial charge in [-0.2, -0.15) is 0 Å². The molecule has 0 amide bonds. The molecule has 0 saturated heterocycles. The van der Waals surface area contributed by atoms with Gasteiger partial charge in [-0.25, -0.2) is 4.98 Å². The normalized spacial score (nSPS) is 17.5. The Labute approximate surface area is 106 Å². The van der Waals surface area contributed by atoms with E-state index in [9.17, 15) is 0 Å². The van der Waals surface area contributed by atoms with Gasteiger partial charge in [0.15, 0.2) is 0 Å². The Kier molecular flexibility index (Phi) is 2.81. The fourth-order valence-electron chi connectivity index (χ4n) is 2.13. The summed E-state index contributed by atoms with van der Waals surface area (Å²) < 4.78 is 1.97. The van der Waals surface area contributed by atoms with E-state index in [0.29, 0.717) is 6.04 Å². The van der Waals surface area contributed by atoms with Gasteiger partial charge >= 0.3 is 0 Å². The summed E-state index contributed by atoms with van der Waals surface area (Å²) in [6.45, 7) is 3.08. The molecule has 2 heterocycles. The molecule has 0 radical (unpaired) electrons. The van der Waals surface area contributed by atoms with E-state index < -0.39 is 0 Å². The average Bonchev–Trinajstić information content (AvgIpc) is 3.07. The van der Waals surface area contributed by atoms with E-state index in [1.807, 2.05) is 28.9 Å².